The average molecular weight is 408 g/mol. The second-order valence-corrected chi connectivity index (χ2v) is 7.51. The summed E-state index contributed by atoms with van der Waals surface area (Å²) < 4.78 is 0.740. The summed E-state index contributed by atoms with van der Waals surface area (Å²) in [5, 5.41) is 1.79. The second kappa shape index (κ2) is 7.91. The Bertz CT molecular complexity index is 787. The molecule has 0 atom stereocenters. The molecule has 1 aromatic heterocycles. The summed E-state index contributed by atoms with van der Waals surface area (Å²) in [4.78, 5) is 28.2. The van der Waals surface area contributed by atoms with Crippen LogP contribution in [-0.2, 0) is 4.79 Å². The van der Waals surface area contributed by atoms with E-state index in [1.165, 1.54) is 16.2 Å². The Balaban J connectivity index is 2.29. The molecule has 0 unspecified atom stereocenters. The lowest BCUT2D eigenvalue weighted by Crippen LogP contribution is -2.40. The number of likely N-dealkylation sites (N-methyl/N-ethyl adjacent to an activating group) is 2. The summed E-state index contributed by atoms with van der Waals surface area (Å²) in [6, 6.07) is 3.31. The zero-order chi connectivity index (χ0) is 18.0. The number of thiophene rings is 1. The van der Waals surface area contributed by atoms with Crippen molar-refractivity contribution in [2.24, 2.45) is 0 Å². The third-order valence-electron chi connectivity index (χ3n) is 3.68. The van der Waals surface area contributed by atoms with Crippen LogP contribution in [0.5, 0.6) is 0 Å². The first-order valence-corrected chi connectivity index (χ1v) is 9.35. The lowest BCUT2D eigenvalue weighted by molar-refractivity contribution is -0.131. The predicted octanol–water partition coefficient (Wildman–Crippen LogP) is 4.80. The predicted molar refractivity (Wildman–Crippen MR) is 102 cm³/mol. The van der Waals surface area contributed by atoms with Crippen LogP contribution in [0.4, 0.5) is 0 Å². The highest BCUT2D eigenvalue weighted by molar-refractivity contribution is 7.21. The van der Waals surface area contributed by atoms with E-state index in [9.17, 15) is 9.59 Å². The summed E-state index contributed by atoms with van der Waals surface area (Å²) in [5.41, 5.74) is 0. The summed E-state index contributed by atoms with van der Waals surface area (Å²) in [6.07, 6.45) is 0. The number of benzene rings is 1. The molecular formula is C16H17Cl3N2O2S. The Kier molecular flexibility index (Phi) is 6.37. The fraction of sp³-hybridized carbons (Fsp3) is 0.375. The Morgan fingerprint density at radius 1 is 1.12 bits per heavy atom. The fourth-order valence-electron chi connectivity index (χ4n) is 2.37. The van der Waals surface area contributed by atoms with Crippen molar-refractivity contribution in [3.8, 4) is 0 Å². The third kappa shape index (κ3) is 3.80. The van der Waals surface area contributed by atoms with Crippen molar-refractivity contribution in [3.05, 3.63) is 32.1 Å². The van der Waals surface area contributed by atoms with E-state index < -0.39 is 0 Å². The van der Waals surface area contributed by atoms with E-state index in [2.05, 4.69) is 0 Å². The van der Waals surface area contributed by atoms with Gasteiger partial charge >= 0.3 is 0 Å². The van der Waals surface area contributed by atoms with E-state index in [0.29, 0.717) is 38.4 Å². The van der Waals surface area contributed by atoms with Crippen molar-refractivity contribution >= 4 is 68.0 Å². The number of fused-ring (bicyclic) bond motifs is 1. The highest BCUT2D eigenvalue weighted by Crippen LogP contribution is 2.41. The highest BCUT2D eigenvalue weighted by Gasteiger charge is 2.24. The lowest BCUT2D eigenvalue weighted by atomic mass is 10.2. The molecule has 24 heavy (non-hydrogen) atoms. The largest absolute Gasteiger partial charge is 0.342 e. The molecule has 0 N–H and O–H groups in total. The minimum absolute atomic E-state index is 0.000421. The van der Waals surface area contributed by atoms with Crippen LogP contribution in [-0.4, -0.2) is 48.3 Å². The van der Waals surface area contributed by atoms with E-state index in [1.54, 1.807) is 24.1 Å². The molecule has 0 spiro atoms. The van der Waals surface area contributed by atoms with Gasteiger partial charge in [0, 0.05) is 35.2 Å². The molecule has 0 saturated heterocycles. The second-order valence-electron chi connectivity index (χ2n) is 5.23. The molecule has 8 heteroatoms. The van der Waals surface area contributed by atoms with Gasteiger partial charge < -0.3 is 9.80 Å². The number of carbonyl (C=O) groups excluding carboxylic acids is 2. The maximum Gasteiger partial charge on any atom is 0.265 e. The fourth-order valence-corrected chi connectivity index (χ4v) is 4.74. The molecule has 1 aromatic carbocycles. The molecular weight excluding hydrogens is 391 g/mol. The van der Waals surface area contributed by atoms with Crippen molar-refractivity contribution in [2.75, 3.05) is 26.7 Å². The van der Waals surface area contributed by atoms with Crippen LogP contribution in [0.1, 0.15) is 23.5 Å². The molecule has 2 aromatic rings. The number of amides is 2. The topological polar surface area (TPSA) is 40.6 Å². The van der Waals surface area contributed by atoms with Crippen LogP contribution < -0.4 is 0 Å². The molecule has 4 nitrogen and oxygen atoms in total. The molecule has 0 radical (unpaired) electrons. The van der Waals surface area contributed by atoms with Crippen LogP contribution in [0.15, 0.2) is 12.1 Å². The van der Waals surface area contributed by atoms with Gasteiger partial charge in [-0.1, -0.05) is 34.8 Å². The lowest BCUT2D eigenvalue weighted by Gasteiger charge is -2.23. The number of hydrogen-bond acceptors (Lipinski definition) is 3. The first-order valence-electron chi connectivity index (χ1n) is 7.40. The van der Waals surface area contributed by atoms with Crippen LogP contribution in [0.3, 0.4) is 0 Å². The molecule has 0 aliphatic heterocycles. The maximum atomic E-state index is 12.7. The van der Waals surface area contributed by atoms with Crippen LogP contribution in [0.25, 0.3) is 10.1 Å². The number of carbonyl (C=O) groups is 2. The quantitative estimate of drug-likeness (QED) is 0.714. The average Bonchev–Trinajstić information content (AvgIpc) is 2.84. The Labute approximate surface area is 159 Å². The molecule has 2 amide bonds. The van der Waals surface area contributed by atoms with E-state index in [0.717, 1.165) is 4.70 Å². The van der Waals surface area contributed by atoms with Gasteiger partial charge in [0.1, 0.15) is 4.88 Å². The van der Waals surface area contributed by atoms with Crippen LogP contribution >= 0.6 is 46.1 Å². The summed E-state index contributed by atoms with van der Waals surface area (Å²) in [6.45, 7) is 5.01. The summed E-state index contributed by atoms with van der Waals surface area (Å²) >= 11 is 19.7. The maximum absolute atomic E-state index is 12.7. The molecule has 0 saturated carbocycles. The van der Waals surface area contributed by atoms with Crippen LogP contribution in [0, 0.1) is 0 Å². The molecule has 2 rings (SSSR count). The van der Waals surface area contributed by atoms with E-state index in [-0.39, 0.29) is 18.4 Å². The van der Waals surface area contributed by atoms with Crippen molar-refractivity contribution in [3.63, 3.8) is 0 Å². The molecule has 0 aliphatic carbocycles. The first kappa shape index (κ1) is 19.3. The minimum Gasteiger partial charge on any atom is -0.342 e. The summed E-state index contributed by atoms with van der Waals surface area (Å²) in [7, 11) is 1.58. The molecule has 0 fully saturated rings. The van der Waals surface area contributed by atoms with Gasteiger partial charge in [-0.05, 0) is 26.0 Å². The first-order chi connectivity index (χ1) is 11.3. The van der Waals surface area contributed by atoms with Gasteiger partial charge in [-0.3, -0.25) is 9.59 Å². The Morgan fingerprint density at radius 2 is 1.75 bits per heavy atom. The van der Waals surface area contributed by atoms with Gasteiger partial charge in [-0.2, -0.15) is 0 Å². The van der Waals surface area contributed by atoms with Gasteiger partial charge in [0.15, 0.2) is 0 Å². The molecule has 0 aliphatic rings. The molecule has 0 bridgehead atoms. The van der Waals surface area contributed by atoms with Gasteiger partial charge in [-0.15, -0.1) is 11.3 Å². The Hall–Kier alpha value is -1.01. The van der Waals surface area contributed by atoms with Crippen molar-refractivity contribution in [1.82, 2.24) is 9.80 Å². The zero-order valence-electron chi connectivity index (χ0n) is 13.5. The van der Waals surface area contributed by atoms with Gasteiger partial charge in [0.05, 0.1) is 16.6 Å². The molecule has 1 heterocycles. The molecule has 130 valence electrons. The smallest absolute Gasteiger partial charge is 0.265 e. The van der Waals surface area contributed by atoms with Gasteiger partial charge in [-0.25, -0.2) is 0 Å². The summed E-state index contributed by atoms with van der Waals surface area (Å²) in [5.74, 6) is -0.414. The Morgan fingerprint density at radius 3 is 2.33 bits per heavy atom. The van der Waals surface area contributed by atoms with E-state index in [1.807, 2.05) is 13.8 Å². The highest BCUT2D eigenvalue weighted by atomic mass is 35.5. The number of nitrogens with zero attached hydrogens (tertiary/aromatic N) is 2. The van der Waals surface area contributed by atoms with Crippen molar-refractivity contribution in [1.29, 1.82) is 0 Å². The van der Waals surface area contributed by atoms with Gasteiger partial charge in [0.2, 0.25) is 5.91 Å². The third-order valence-corrected chi connectivity index (χ3v) is 5.81. The van der Waals surface area contributed by atoms with Crippen molar-refractivity contribution in [2.45, 2.75) is 13.8 Å². The van der Waals surface area contributed by atoms with Gasteiger partial charge in [0.25, 0.3) is 5.91 Å². The zero-order valence-corrected chi connectivity index (χ0v) is 16.6. The minimum atomic E-state index is -0.311. The number of hydrogen-bond donors (Lipinski definition) is 0. The SMILES string of the molecule is CCN(CC)C(=O)CN(C)C(=O)c1sc2cc(Cl)cc(Cl)c2c1Cl. The normalized spacial score (nSPS) is 10.9. The van der Waals surface area contributed by atoms with E-state index in [4.69, 9.17) is 34.8 Å². The number of rotatable bonds is 5. The number of halogens is 3. The standard InChI is InChI=1S/C16H17Cl3N2O2S/c1-4-21(5-2)12(22)8-20(3)16(23)15-14(19)13-10(18)6-9(17)7-11(13)24-15/h6-7H,4-5,8H2,1-3H3. The monoisotopic (exact) mass is 406 g/mol. The van der Waals surface area contributed by atoms with E-state index >= 15 is 0 Å². The van der Waals surface area contributed by atoms with Crippen molar-refractivity contribution < 1.29 is 9.59 Å². The van der Waals surface area contributed by atoms with Crippen LogP contribution in [0.2, 0.25) is 15.1 Å².